The van der Waals surface area contributed by atoms with Crippen LogP contribution in [0.2, 0.25) is 0 Å². The molecule has 98 valence electrons. The Morgan fingerprint density at radius 2 is 2.06 bits per heavy atom. The molecule has 0 saturated heterocycles. The van der Waals surface area contributed by atoms with Gasteiger partial charge in [0.15, 0.2) is 0 Å². The first kappa shape index (κ1) is 13.6. The number of nitrogens with two attached hydrogens (primary N) is 1. The van der Waals surface area contributed by atoms with Crippen molar-refractivity contribution >= 4 is 27.5 Å². The topological polar surface area (TPSA) is 46.3 Å². The van der Waals surface area contributed by atoms with Gasteiger partial charge in [-0.1, -0.05) is 34.1 Å². The SMILES string of the molecule is NC1CCCC1N(C(=O)CCBr)c1ccccc1. The molecule has 0 heterocycles. The highest BCUT2D eigenvalue weighted by Crippen LogP contribution is 2.28. The number of anilines is 1. The Labute approximate surface area is 116 Å². The molecule has 2 rings (SSSR count). The number of amides is 1. The second-order valence-electron chi connectivity index (χ2n) is 4.70. The van der Waals surface area contributed by atoms with Crippen LogP contribution in [0.15, 0.2) is 30.3 Å². The lowest BCUT2D eigenvalue weighted by atomic mass is 10.1. The number of alkyl halides is 1. The van der Waals surface area contributed by atoms with E-state index in [4.69, 9.17) is 5.73 Å². The van der Waals surface area contributed by atoms with Gasteiger partial charge in [-0.2, -0.15) is 0 Å². The zero-order valence-corrected chi connectivity index (χ0v) is 12.0. The minimum absolute atomic E-state index is 0.101. The summed E-state index contributed by atoms with van der Waals surface area (Å²) in [6.45, 7) is 0. The van der Waals surface area contributed by atoms with E-state index in [-0.39, 0.29) is 18.0 Å². The van der Waals surface area contributed by atoms with Gasteiger partial charge in [-0.15, -0.1) is 0 Å². The molecule has 0 bridgehead atoms. The lowest BCUT2D eigenvalue weighted by molar-refractivity contribution is -0.118. The highest BCUT2D eigenvalue weighted by molar-refractivity contribution is 9.09. The molecule has 0 spiro atoms. The third kappa shape index (κ3) is 2.93. The minimum atomic E-state index is 0.101. The molecule has 0 radical (unpaired) electrons. The minimum Gasteiger partial charge on any atom is -0.326 e. The van der Waals surface area contributed by atoms with E-state index in [2.05, 4.69) is 15.9 Å². The van der Waals surface area contributed by atoms with Crippen LogP contribution in [0.4, 0.5) is 5.69 Å². The molecule has 2 N–H and O–H groups in total. The lowest BCUT2D eigenvalue weighted by Crippen LogP contribution is -2.48. The summed E-state index contributed by atoms with van der Waals surface area (Å²) in [4.78, 5) is 14.2. The molecule has 1 amide bonds. The van der Waals surface area contributed by atoms with Crippen molar-refractivity contribution in [2.45, 2.75) is 37.8 Å². The maximum atomic E-state index is 12.3. The van der Waals surface area contributed by atoms with Crippen molar-refractivity contribution in [2.24, 2.45) is 5.73 Å². The number of para-hydroxylation sites is 1. The molecule has 1 aromatic rings. The van der Waals surface area contributed by atoms with Crippen LogP contribution in [0.3, 0.4) is 0 Å². The summed E-state index contributed by atoms with van der Waals surface area (Å²) < 4.78 is 0. The van der Waals surface area contributed by atoms with E-state index in [0.717, 1.165) is 24.9 Å². The number of carbonyl (C=O) groups is 1. The van der Waals surface area contributed by atoms with Gasteiger partial charge in [0.05, 0.1) is 6.04 Å². The van der Waals surface area contributed by atoms with Gasteiger partial charge in [0.25, 0.3) is 0 Å². The van der Waals surface area contributed by atoms with Crippen LogP contribution in [0.25, 0.3) is 0 Å². The molecule has 1 aliphatic rings. The normalized spacial score (nSPS) is 23.0. The average Bonchev–Trinajstić information content (AvgIpc) is 2.78. The second-order valence-corrected chi connectivity index (χ2v) is 5.49. The van der Waals surface area contributed by atoms with E-state index in [1.54, 1.807) is 0 Å². The van der Waals surface area contributed by atoms with E-state index >= 15 is 0 Å². The molecule has 0 aliphatic heterocycles. The first-order valence-electron chi connectivity index (χ1n) is 6.42. The molecule has 0 aromatic heterocycles. The smallest absolute Gasteiger partial charge is 0.228 e. The third-order valence-corrected chi connectivity index (χ3v) is 3.87. The van der Waals surface area contributed by atoms with Gasteiger partial charge in [0.1, 0.15) is 0 Å². The zero-order valence-electron chi connectivity index (χ0n) is 10.4. The van der Waals surface area contributed by atoms with Gasteiger partial charge in [-0.25, -0.2) is 0 Å². The quantitative estimate of drug-likeness (QED) is 0.869. The summed E-state index contributed by atoms with van der Waals surface area (Å²) in [6, 6.07) is 10.1. The molecular weight excluding hydrogens is 292 g/mol. The van der Waals surface area contributed by atoms with E-state index in [0.29, 0.717) is 11.8 Å². The van der Waals surface area contributed by atoms with Crippen molar-refractivity contribution in [3.63, 3.8) is 0 Å². The largest absolute Gasteiger partial charge is 0.326 e. The number of rotatable bonds is 4. The summed E-state index contributed by atoms with van der Waals surface area (Å²) in [7, 11) is 0. The van der Waals surface area contributed by atoms with Crippen LogP contribution in [-0.4, -0.2) is 23.3 Å². The van der Waals surface area contributed by atoms with Gasteiger partial charge in [-0.3, -0.25) is 4.79 Å². The molecule has 1 aliphatic carbocycles. The van der Waals surface area contributed by atoms with Crippen molar-refractivity contribution < 1.29 is 4.79 Å². The summed E-state index contributed by atoms with van der Waals surface area (Å²) in [5.74, 6) is 0.153. The number of hydrogen-bond acceptors (Lipinski definition) is 2. The van der Waals surface area contributed by atoms with Crippen molar-refractivity contribution in [3.05, 3.63) is 30.3 Å². The van der Waals surface area contributed by atoms with Crippen molar-refractivity contribution in [3.8, 4) is 0 Å². The maximum absolute atomic E-state index is 12.3. The number of benzene rings is 1. The fraction of sp³-hybridized carbons (Fsp3) is 0.500. The molecule has 3 nitrogen and oxygen atoms in total. The summed E-state index contributed by atoms with van der Waals surface area (Å²) in [5.41, 5.74) is 7.11. The van der Waals surface area contributed by atoms with Crippen LogP contribution in [0.5, 0.6) is 0 Å². The second kappa shape index (κ2) is 6.34. The van der Waals surface area contributed by atoms with E-state index < -0.39 is 0 Å². The van der Waals surface area contributed by atoms with Crippen LogP contribution < -0.4 is 10.6 Å². The highest BCUT2D eigenvalue weighted by atomic mass is 79.9. The van der Waals surface area contributed by atoms with E-state index in [1.165, 1.54) is 0 Å². The van der Waals surface area contributed by atoms with Crippen LogP contribution in [-0.2, 0) is 4.79 Å². The predicted molar refractivity (Wildman–Crippen MR) is 78.0 cm³/mol. The fourth-order valence-electron chi connectivity index (χ4n) is 2.60. The monoisotopic (exact) mass is 310 g/mol. The first-order chi connectivity index (χ1) is 8.74. The molecular formula is C14H19BrN2O. The molecule has 1 fully saturated rings. The van der Waals surface area contributed by atoms with Crippen LogP contribution >= 0.6 is 15.9 Å². The molecule has 1 saturated carbocycles. The Bertz CT molecular complexity index is 396. The molecule has 1 aromatic carbocycles. The fourth-order valence-corrected chi connectivity index (χ4v) is 2.94. The Morgan fingerprint density at radius 1 is 1.33 bits per heavy atom. The lowest BCUT2D eigenvalue weighted by Gasteiger charge is -2.31. The number of hydrogen-bond donors (Lipinski definition) is 1. The predicted octanol–water partition coefficient (Wildman–Crippen LogP) is 2.68. The van der Waals surface area contributed by atoms with Gasteiger partial charge < -0.3 is 10.6 Å². The Balaban J connectivity index is 2.25. The number of halogens is 1. The van der Waals surface area contributed by atoms with Gasteiger partial charge in [0, 0.05) is 23.5 Å². The average molecular weight is 311 g/mol. The van der Waals surface area contributed by atoms with Crippen molar-refractivity contribution in [1.29, 1.82) is 0 Å². The number of nitrogens with zero attached hydrogens (tertiary/aromatic N) is 1. The standard InChI is InChI=1S/C14H19BrN2O/c15-10-9-14(18)17(11-5-2-1-3-6-11)13-8-4-7-12(13)16/h1-3,5-6,12-13H,4,7-10,16H2. The molecule has 2 unspecified atom stereocenters. The van der Waals surface area contributed by atoms with Crippen LogP contribution in [0, 0.1) is 0 Å². The zero-order chi connectivity index (χ0) is 13.0. The van der Waals surface area contributed by atoms with E-state index in [1.807, 2.05) is 35.2 Å². The molecule has 4 heteroatoms. The van der Waals surface area contributed by atoms with Gasteiger partial charge in [0.2, 0.25) is 5.91 Å². The number of carbonyl (C=O) groups excluding carboxylic acids is 1. The third-order valence-electron chi connectivity index (χ3n) is 3.47. The van der Waals surface area contributed by atoms with Gasteiger partial charge >= 0.3 is 0 Å². The summed E-state index contributed by atoms with van der Waals surface area (Å²) in [6.07, 6.45) is 3.63. The van der Waals surface area contributed by atoms with Crippen molar-refractivity contribution in [1.82, 2.24) is 0 Å². The highest BCUT2D eigenvalue weighted by Gasteiger charge is 2.33. The molecule has 2 atom stereocenters. The van der Waals surface area contributed by atoms with E-state index in [9.17, 15) is 4.79 Å². The summed E-state index contributed by atoms with van der Waals surface area (Å²) >= 11 is 3.34. The Morgan fingerprint density at radius 3 is 2.61 bits per heavy atom. The maximum Gasteiger partial charge on any atom is 0.228 e. The Hall–Kier alpha value is -0.870. The Kier molecular flexibility index (Phi) is 4.78. The van der Waals surface area contributed by atoms with Crippen LogP contribution in [0.1, 0.15) is 25.7 Å². The van der Waals surface area contributed by atoms with Gasteiger partial charge in [-0.05, 0) is 31.4 Å². The van der Waals surface area contributed by atoms with Crippen molar-refractivity contribution in [2.75, 3.05) is 10.2 Å². The first-order valence-corrected chi connectivity index (χ1v) is 7.55. The summed E-state index contributed by atoms with van der Waals surface area (Å²) in [5, 5.41) is 0.692. The molecule has 18 heavy (non-hydrogen) atoms.